The zero-order valence-corrected chi connectivity index (χ0v) is 17.0. The fraction of sp³-hybridized carbons (Fsp3) is 0.667. The summed E-state index contributed by atoms with van der Waals surface area (Å²) in [7, 11) is 0. The lowest BCUT2D eigenvalue weighted by molar-refractivity contribution is -0.197. The van der Waals surface area contributed by atoms with Gasteiger partial charge >= 0.3 is 11.9 Å². The van der Waals surface area contributed by atoms with Crippen LogP contribution in [0.5, 0.6) is 0 Å². The Morgan fingerprint density at radius 2 is 1.86 bits per heavy atom. The highest BCUT2D eigenvalue weighted by Gasteiger charge is 2.71. The van der Waals surface area contributed by atoms with Crippen molar-refractivity contribution in [2.75, 3.05) is 0 Å². The minimum Gasteiger partial charge on any atom is -0.450 e. The summed E-state index contributed by atoms with van der Waals surface area (Å²) in [6.45, 7) is 4.34. The van der Waals surface area contributed by atoms with E-state index in [9.17, 15) is 9.59 Å². The molecule has 0 radical (unpaired) electrons. The highest BCUT2D eigenvalue weighted by Crippen LogP contribution is 2.68. The summed E-state index contributed by atoms with van der Waals surface area (Å²) in [4.78, 5) is 25.7. The summed E-state index contributed by atoms with van der Waals surface area (Å²) < 4.78 is 12.0. The maximum Gasteiger partial charge on any atom is 0.340 e. The Balaban J connectivity index is 1.62. The van der Waals surface area contributed by atoms with Gasteiger partial charge in [-0.15, -0.1) is 0 Å². The number of hydrogen-bond acceptors (Lipinski definition) is 4. The van der Waals surface area contributed by atoms with Crippen LogP contribution in [0.15, 0.2) is 34.1 Å². The van der Waals surface area contributed by atoms with Crippen molar-refractivity contribution in [1.29, 1.82) is 0 Å². The maximum atomic E-state index is 12.9. The second kappa shape index (κ2) is 6.60. The first-order valence-electron chi connectivity index (χ1n) is 11.2. The molecule has 0 aromatic carbocycles. The predicted molar refractivity (Wildman–Crippen MR) is 105 cm³/mol. The van der Waals surface area contributed by atoms with E-state index < -0.39 is 5.60 Å². The van der Waals surface area contributed by atoms with Crippen molar-refractivity contribution < 1.29 is 19.1 Å². The average Bonchev–Trinajstić information content (AvgIpc) is 3.19. The van der Waals surface area contributed by atoms with Crippen LogP contribution in [0.1, 0.15) is 78.1 Å². The molecule has 4 atom stereocenters. The van der Waals surface area contributed by atoms with E-state index in [0.29, 0.717) is 11.8 Å². The van der Waals surface area contributed by atoms with E-state index in [1.54, 1.807) is 0 Å². The van der Waals surface area contributed by atoms with Gasteiger partial charge in [-0.05, 0) is 68.9 Å². The number of fused-ring (bicyclic) bond motifs is 4. The highest BCUT2D eigenvalue weighted by atomic mass is 16.6. The SMILES string of the molecule is CCCC=C1OC(=O)C2=C1CCC1C(CCC)C3(OC(=O)C4=C3CCCC4)C21. The number of unbranched alkanes of at least 4 members (excludes halogenated alkanes) is 1. The van der Waals surface area contributed by atoms with E-state index in [0.717, 1.165) is 86.7 Å². The van der Waals surface area contributed by atoms with Crippen molar-refractivity contribution in [3.63, 3.8) is 0 Å². The number of carbonyl (C=O) groups excluding carboxylic acids is 2. The smallest absolute Gasteiger partial charge is 0.340 e. The topological polar surface area (TPSA) is 52.6 Å². The molecule has 0 saturated heterocycles. The van der Waals surface area contributed by atoms with Gasteiger partial charge in [0, 0.05) is 23.0 Å². The van der Waals surface area contributed by atoms with Gasteiger partial charge in [0.25, 0.3) is 0 Å². The molecule has 4 heteroatoms. The molecule has 1 spiro atoms. The number of allylic oxidation sites excluding steroid dienone is 2. The lowest BCUT2D eigenvalue weighted by atomic mass is 9.44. The summed E-state index contributed by atoms with van der Waals surface area (Å²) in [5.41, 5.74) is 3.52. The second-order valence-corrected chi connectivity index (χ2v) is 9.06. The van der Waals surface area contributed by atoms with Crippen LogP contribution in [0.2, 0.25) is 0 Å². The molecule has 5 aliphatic rings. The predicted octanol–water partition coefficient (Wildman–Crippen LogP) is 5.15. The first kappa shape index (κ1) is 18.2. The molecule has 3 aliphatic carbocycles. The first-order chi connectivity index (χ1) is 13.6. The zero-order valence-electron chi connectivity index (χ0n) is 17.0. The van der Waals surface area contributed by atoms with Crippen molar-refractivity contribution in [2.24, 2.45) is 17.8 Å². The second-order valence-electron chi connectivity index (χ2n) is 9.06. The van der Waals surface area contributed by atoms with E-state index in [1.807, 2.05) is 0 Å². The van der Waals surface area contributed by atoms with E-state index in [2.05, 4.69) is 19.9 Å². The van der Waals surface area contributed by atoms with Gasteiger partial charge in [-0.25, -0.2) is 9.59 Å². The Kier molecular flexibility index (Phi) is 4.29. The highest BCUT2D eigenvalue weighted by molar-refractivity contribution is 5.98. The molecule has 1 saturated carbocycles. The summed E-state index contributed by atoms with van der Waals surface area (Å²) >= 11 is 0. The maximum absolute atomic E-state index is 12.9. The molecule has 2 aliphatic heterocycles. The molecular weight excluding hydrogens is 352 g/mol. The molecule has 0 aromatic rings. The number of cyclic esters (lactones) is 1. The molecule has 4 unspecified atom stereocenters. The zero-order chi connectivity index (χ0) is 19.5. The molecule has 0 amide bonds. The molecule has 0 bridgehead atoms. The quantitative estimate of drug-likeness (QED) is 0.631. The van der Waals surface area contributed by atoms with Crippen molar-refractivity contribution >= 4 is 11.9 Å². The Morgan fingerprint density at radius 3 is 2.64 bits per heavy atom. The van der Waals surface area contributed by atoms with Crippen LogP contribution in [-0.4, -0.2) is 17.5 Å². The van der Waals surface area contributed by atoms with Crippen LogP contribution in [0.25, 0.3) is 0 Å². The Bertz CT molecular complexity index is 830. The summed E-state index contributed by atoms with van der Waals surface area (Å²) in [6, 6.07) is 0. The molecule has 4 nitrogen and oxygen atoms in total. The molecule has 5 rings (SSSR count). The fourth-order valence-electron chi connectivity index (χ4n) is 6.70. The third-order valence-electron chi connectivity index (χ3n) is 7.71. The Hall–Kier alpha value is -1.84. The van der Waals surface area contributed by atoms with Crippen molar-refractivity contribution in [1.82, 2.24) is 0 Å². The Labute approximate surface area is 167 Å². The molecule has 0 N–H and O–H groups in total. The molecule has 150 valence electrons. The van der Waals surface area contributed by atoms with E-state index >= 15 is 0 Å². The molecule has 1 fully saturated rings. The van der Waals surface area contributed by atoms with Crippen LogP contribution >= 0.6 is 0 Å². The lowest BCUT2D eigenvalue weighted by Crippen LogP contribution is -2.65. The minimum absolute atomic E-state index is 0.00220. The molecule has 28 heavy (non-hydrogen) atoms. The third-order valence-corrected chi connectivity index (χ3v) is 7.71. The van der Waals surface area contributed by atoms with Gasteiger partial charge in [-0.1, -0.05) is 26.7 Å². The number of esters is 2. The lowest BCUT2D eigenvalue weighted by Gasteiger charge is -2.61. The Morgan fingerprint density at radius 1 is 1.04 bits per heavy atom. The number of carbonyl (C=O) groups is 2. The molecule has 0 aromatic heterocycles. The van der Waals surface area contributed by atoms with Gasteiger partial charge in [0.15, 0.2) is 0 Å². The van der Waals surface area contributed by atoms with Gasteiger partial charge in [0.1, 0.15) is 11.4 Å². The summed E-state index contributed by atoms with van der Waals surface area (Å²) in [6.07, 6.45) is 12.1. The van der Waals surface area contributed by atoms with Gasteiger partial charge in [0.2, 0.25) is 0 Å². The monoisotopic (exact) mass is 382 g/mol. The number of hydrogen-bond donors (Lipinski definition) is 0. The van der Waals surface area contributed by atoms with Crippen molar-refractivity contribution in [3.8, 4) is 0 Å². The van der Waals surface area contributed by atoms with Crippen LogP contribution in [0.3, 0.4) is 0 Å². The third kappa shape index (κ3) is 2.23. The van der Waals surface area contributed by atoms with Crippen LogP contribution in [0.4, 0.5) is 0 Å². The van der Waals surface area contributed by atoms with E-state index in [-0.39, 0.29) is 17.9 Å². The fourth-order valence-corrected chi connectivity index (χ4v) is 6.70. The van der Waals surface area contributed by atoms with Crippen LogP contribution in [-0.2, 0) is 19.1 Å². The number of ether oxygens (including phenoxy) is 2. The van der Waals surface area contributed by atoms with Gasteiger partial charge < -0.3 is 9.47 Å². The number of rotatable bonds is 4. The van der Waals surface area contributed by atoms with Crippen LogP contribution in [0, 0.1) is 17.8 Å². The summed E-state index contributed by atoms with van der Waals surface area (Å²) in [5, 5.41) is 0. The summed E-state index contributed by atoms with van der Waals surface area (Å²) in [5.74, 6) is 1.25. The van der Waals surface area contributed by atoms with Gasteiger partial charge in [-0.3, -0.25) is 0 Å². The molecule has 2 heterocycles. The first-order valence-corrected chi connectivity index (χ1v) is 11.2. The van der Waals surface area contributed by atoms with E-state index in [4.69, 9.17) is 9.47 Å². The van der Waals surface area contributed by atoms with Crippen molar-refractivity contribution in [3.05, 3.63) is 34.1 Å². The van der Waals surface area contributed by atoms with Gasteiger partial charge in [-0.2, -0.15) is 0 Å². The standard InChI is InChI=1S/C24H30O4/c1-3-5-11-19-16-13-12-14-17(8-4-2)24(21(14)20(16)23(26)27-19)18-10-7-6-9-15(18)22(25)28-24/h11,14,17,21H,3-10,12-13H2,1-2H3. The normalized spacial score (nSPS) is 37.6. The van der Waals surface area contributed by atoms with Crippen LogP contribution < -0.4 is 0 Å². The van der Waals surface area contributed by atoms with Crippen molar-refractivity contribution in [2.45, 2.75) is 83.7 Å². The van der Waals surface area contributed by atoms with E-state index in [1.165, 1.54) is 5.57 Å². The average molecular weight is 383 g/mol. The van der Waals surface area contributed by atoms with Gasteiger partial charge in [0.05, 0.1) is 5.57 Å². The largest absolute Gasteiger partial charge is 0.450 e. The molecular formula is C24H30O4. The minimum atomic E-state index is -0.562.